The van der Waals surface area contributed by atoms with Crippen LogP contribution in [0.25, 0.3) is 0 Å². The van der Waals surface area contributed by atoms with Crippen molar-refractivity contribution in [2.45, 2.75) is 39.2 Å². The molecule has 0 amide bonds. The molecule has 5 nitrogen and oxygen atoms in total. The number of sulfonamides is 1. The highest BCUT2D eigenvalue weighted by atomic mass is 32.2. The van der Waals surface area contributed by atoms with E-state index in [0.717, 1.165) is 25.9 Å². The summed E-state index contributed by atoms with van der Waals surface area (Å²) in [6.07, 6.45) is 2.57. The first-order valence-electron chi connectivity index (χ1n) is 6.69. The molecule has 0 saturated carbocycles. The third kappa shape index (κ3) is 12.3. The van der Waals surface area contributed by atoms with E-state index in [1.165, 1.54) is 0 Å². The van der Waals surface area contributed by atoms with Crippen LogP contribution in [0.2, 0.25) is 0 Å². The molecule has 0 saturated heterocycles. The van der Waals surface area contributed by atoms with Crippen molar-refractivity contribution < 1.29 is 8.42 Å². The van der Waals surface area contributed by atoms with Crippen LogP contribution < -0.4 is 10.0 Å². The van der Waals surface area contributed by atoms with E-state index >= 15 is 0 Å². The van der Waals surface area contributed by atoms with Gasteiger partial charge in [-0.1, -0.05) is 13.8 Å². The maximum absolute atomic E-state index is 11.6. The zero-order valence-electron chi connectivity index (χ0n) is 12.2. The van der Waals surface area contributed by atoms with E-state index < -0.39 is 10.0 Å². The fourth-order valence-corrected chi connectivity index (χ4v) is 2.63. The van der Waals surface area contributed by atoms with E-state index in [1.807, 2.05) is 14.1 Å². The van der Waals surface area contributed by atoms with Crippen LogP contribution in [-0.4, -0.2) is 58.8 Å². The van der Waals surface area contributed by atoms with Gasteiger partial charge < -0.3 is 10.2 Å². The van der Waals surface area contributed by atoms with Crippen LogP contribution >= 0.6 is 0 Å². The Morgan fingerprint density at radius 2 is 1.72 bits per heavy atom. The lowest BCUT2D eigenvalue weighted by Crippen LogP contribution is -2.30. The molecule has 0 aromatic heterocycles. The van der Waals surface area contributed by atoms with Gasteiger partial charge in [0.25, 0.3) is 0 Å². The van der Waals surface area contributed by atoms with Crippen LogP contribution in [-0.2, 0) is 10.0 Å². The highest BCUT2D eigenvalue weighted by Gasteiger charge is 2.08. The zero-order valence-corrected chi connectivity index (χ0v) is 13.0. The van der Waals surface area contributed by atoms with Crippen molar-refractivity contribution in [3.63, 3.8) is 0 Å². The topological polar surface area (TPSA) is 61.4 Å². The molecule has 0 aliphatic heterocycles. The fourth-order valence-electron chi connectivity index (χ4n) is 1.51. The molecule has 18 heavy (non-hydrogen) atoms. The van der Waals surface area contributed by atoms with Crippen molar-refractivity contribution in [2.75, 3.05) is 39.5 Å². The molecule has 0 rings (SSSR count). The normalized spacial score (nSPS) is 12.6. The number of nitrogens with zero attached hydrogens (tertiary/aromatic N) is 1. The van der Waals surface area contributed by atoms with E-state index in [-0.39, 0.29) is 5.75 Å². The van der Waals surface area contributed by atoms with Crippen molar-refractivity contribution in [2.24, 2.45) is 0 Å². The summed E-state index contributed by atoms with van der Waals surface area (Å²) in [6, 6.07) is 0.409. The van der Waals surface area contributed by atoms with Gasteiger partial charge in [0, 0.05) is 12.6 Å². The Hall–Kier alpha value is -0.170. The van der Waals surface area contributed by atoms with Gasteiger partial charge in [0.05, 0.1) is 5.75 Å². The summed E-state index contributed by atoms with van der Waals surface area (Å²) < 4.78 is 25.9. The van der Waals surface area contributed by atoms with E-state index in [0.29, 0.717) is 19.0 Å². The van der Waals surface area contributed by atoms with Crippen molar-refractivity contribution in [3.05, 3.63) is 0 Å². The van der Waals surface area contributed by atoms with Crippen LogP contribution in [0.5, 0.6) is 0 Å². The molecule has 0 fully saturated rings. The maximum Gasteiger partial charge on any atom is 0.211 e. The molecular weight excluding hydrogens is 250 g/mol. The lowest BCUT2D eigenvalue weighted by Gasteiger charge is -2.10. The minimum atomic E-state index is -3.08. The van der Waals surface area contributed by atoms with Gasteiger partial charge in [-0.3, -0.25) is 0 Å². The van der Waals surface area contributed by atoms with Gasteiger partial charge in [0.15, 0.2) is 0 Å². The van der Waals surface area contributed by atoms with Crippen LogP contribution in [0.4, 0.5) is 0 Å². The van der Waals surface area contributed by atoms with Crippen LogP contribution in [0.1, 0.15) is 33.1 Å². The summed E-state index contributed by atoms with van der Waals surface area (Å²) in [5.41, 5.74) is 0. The molecular formula is C12H29N3O2S. The third-order valence-corrected chi connectivity index (χ3v) is 3.97. The van der Waals surface area contributed by atoms with Gasteiger partial charge in [0.1, 0.15) is 0 Å². The molecule has 2 N–H and O–H groups in total. The number of hydrogen-bond donors (Lipinski definition) is 2. The van der Waals surface area contributed by atoms with Gasteiger partial charge in [-0.2, -0.15) is 0 Å². The number of hydrogen-bond acceptors (Lipinski definition) is 4. The third-order valence-electron chi connectivity index (χ3n) is 2.50. The van der Waals surface area contributed by atoms with Gasteiger partial charge in [-0.25, -0.2) is 13.1 Å². The first kappa shape index (κ1) is 17.8. The van der Waals surface area contributed by atoms with Gasteiger partial charge >= 0.3 is 0 Å². The molecule has 6 heteroatoms. The highest BCUT2D eigenvalue weighted by Crippen LogP contribution is 1.93. The van der Waals surface area contributed by atoms with E-state index in [4.69, 9.17) is 0 Å². The van der Waals surface area contributed by atoms with Crippen LogP contribution in [0.3, 0.4) is 0 Å². The Balaban J connectivity index is 3.55. The number of rotatable bonds is 11. The second-order valence-corrected chi connectivity index (χ2v) is 7.11. The van der Waals surface area contributed by atoms with Gasteiger partial charge in [-0.05, 0) is 46.4 Å². The summed E-state index contributed by atoms with van der Waals surface area (Å²) >= 11 is 0. The smallest absolute Gasteiger partial charge is 0.211 e. The van der Waals surface area contributed by atoms with Gasteiger partial charge in [-0.15, -0.1) is 0 Å². The lowest BCUT2D eigenvalue weighted by atomic mass is 10.3. The molecule has 0 aromatic carbocycles. The lowest BCUT2D eigenvalue weighted by molar-refractivity contribution is 0.394. The molecule has 0 radical (unpaired) electrons. The average Bonchev–Trinajstić information content (AvgIpc) is 2.23. The Morgan fingerprint density at radius 1 is 1.06 bits per heavy atom. The Kier molecular flexibility index (Phi) is 9.63. The summed E-state index contributed by atoms with van der Waals surface area (Å²) in [4.78, 5) is 2.10. The van der Waals surface area contributed by atoms with Crippen molar-refractivity contribution in [1.29, 1.82) is 0 Å². The summed E-state index contributed by atoms with van der Waals surface area (Å²) in [5.74, 6) is 0.209. The first-order chi connectivity index (χ1) is 8.33. The predicted octanol–water partition coefficient (Wildman–Crippen LogP) is 0.636. The summed E-state index contributed by atoms with van der Waals surface area (Å²) in [6.45, 7) is 6.40. The summed E-state index contributed by atoms with van der Waals surface area (Å²) in [7, 11) is 0.956. The molecule has 0 aliphatic rings. The van der Waals surface area contributed by atoms with E-state index in [1.54, 1.807) is 0 Å². The fraction of sp³-hybridized carbons (Fsp3) is 1.00. The average molecular weight is 279 g/mol. The van der Waals surface area contributed by atoms with Crippen molar-refractivity contribution in [3.8, 4) is 0 Å². The second-order valence-electron chi connectivity index (χ2n) is 5.19. The number of unbranched alkanes of at least 4 members (excludes halogenated alkanes) is 1. The molecule has 0 aromatic rings. The molecule has 0 unspecified atom stereocenters. The van der Waals surface area contributed by atoms with Crippen molar-refractivity contribution >= 4 is 10.0 Å². The molecule has 0 spiro atoms. The molecule has 0 heterocycles. The standard InChI is InChI=1S/C12H29N3O2S/c1-12(2)13-8-7-11-18(16,17)14-9-5-6-10-15(3)4/h12-14H,5-11H2,1-4H3. The van der Waals surface area contributed by atoms with E-state index in [2.05, 4.69) is 28.8 Å². The SMILES string of the molecule is CC(C)NCCCS(=O)(=O)NCCCCN(C)C. The van der Waals surface area contributed by atoms with Crippen molar-refractivity contribution in [1.82, 2.24) is 14.9 Å². The van der Waals surface area contributed by atoms with Gasteiger partial charge in [0.2, 0.25) is 10.0 Å². The molecule has 110 valence electrons. The first-order valence-corrected chi connectivity index (χ1v) is 8.34. The molecule has 0 bridgehead atoms. The molecule has 0 atom stereocenters. The second kappa shape index (κ2) is 9.72. The monoisotopic (exact) mass is 279 g/mol. The minimum absolute atomic E-state index is 0.209. The predicted molar refractivity (Wildman–Crippen MR) is 77.3 cm³/mol. The Labute approximate surface area is 112 Å². The highest BCUT2D eigenvalue weighted by molar-refractivity contribution is 7.89. The molecule has 0 aliphatic carbocycles. The van der Waals surface area contributed by atoms with E-state index in [9.17, 15) is 8.42 Å². The Morgan fingerprint density at radius 3 is 2.28 bits per heavy atom. The minimum Gasteiger partial charge on any atom is -0.314 e. The number of nitrogens with one attached hydrogen (secondary N) is 2. The zero-order chi connectivity index (χ0) is 14.0. The van der Waals surface area contributed by atoms with Crippen LogP contribution in [0.15, 0.2) is 0 Å². The van der Waals surface area contributed by atoms with Crippen LogP contribution in [0, 0.1) is 0 Å². The maximum atomic E-state index is 11.6. The summed E-state index contributed by atoms with van der Waals surface area (Å²) in [5, 5.41) is 3.21. The largest absolute Gasteiger partial charge is 0.314 e. The quantitative estimate of drug-likeness (QED) is 0.545. The Bertz CT molecular complexity index is 290.